The van der Waals surface area contributed by atoms with Crippen molar-refractivity contribution in [1.29, 1.82) is 0 Å². The number of hydrogen-bond acceptors (Lipinski definition) is 4. The Morgan fingerprint density at radius 2 is 2.04 bits per heavy atom. The molecule has 1 aromatic carbocycles. The van der Waals surface area contributed by atoms with Crippen LogP contribution in [0, 0.1) is 0 Å². The highest BCUT2D eigenvalue weighted by atomic mass is 16.5. The first-order chi connectivity index (χ1) is 12.0. The second-order valence-corrected chi connectivity index (χ2v) is 6.30. The third-order valence-corrected chi connectivity index (χ3v) is 3.71. The van der Waals surface area contributed by atoms with Crippen LogP contribution >= 0.6 is 0 Å². The van der Waals surface area contributed by atoms with Gasteiger partial charge in [-0.3, -0.25) is 4.79 Å². The minimum absolute atomic E-state index is 0.00520. The van der Waals surface area contributed by atoms with E-state index in [4.69, 9.17) is 4.74 Å². The van der Waals surface area contributed by atoms with Gasteiger partial charge in [0.15, 0.2) is 0 Å². The maximum Gasteiger partial charge on any atom is 0.253 e. The number of carbonyl (C=O) groups is 1. The predicted octanol–water partition coefficient (Wildman–Crippen LogP) is 4.48. The van der Waals surface area contributed by atoms with E-state index >= 15 is 0 Å². The third-order valence-electron chi connectivity index (χ3n) is 3.71. The number of anilines is 2. The molecular formula is C20H27N3O2. The van der Waals surface area contributed by atoms with Crippen LogP contribution in [0.25, 0.3) is 0 Å². The molecular weight excluding hydrogens is 314 g/mol. The molecule has 1 heterocycles. The van der Waals surface area contributed by atoms with E-state index in [0.717, 1.165) is 30.8 Å². The SMILES string of the molecule is CCCCN(C)C(=O)c1ccnc(Nc2ccccc2OC(C)C)c1. The quantitative estimate of drug-likeness (QED) is 0.769. The van der Waals surface area contributed by atoms with Crippen molar-refractivity contribution in [3.63, 3.8) is 0 Å². The van der Waals surface area contributed by atoms with Crippen LogP contribution in [0.1, 0.15) is 44.0 Å². The Balaban J connectivity index is 2.16. The summed E-state index contributed by atoms with van der Waals surface area (Å²) in [6, 6.07) is 11.2. The molecule has 0 saturated carbocycles. The number of aromatic nitrogens is 1. The smallest absolute Gasteiger partial charge is 0.253 e. The zero-order valence-corrected chi connectivity index (χ0v) is 15.5. The summed E-state index contributed by atoms with van der Waals surface area (Å²) in [5.74, 6) is 1.39. The molecule has 0 aliphatic rings. The molecule has 5 nitrogen and oxygen atoms in total. The highest BCUT2D eigenvalue weighted by Crippen LogP contribution is 2.27. The number of benzene rings is 1. The van der Waals surface area contributed by atoms with Crippen LogP contribution in [0.4, 0.5) is 11.5 Å². The van der Waals surface area contributed by atoms with Gasteiger partial charge < -0.3 is 15.0 Å². The maximum absolute atomic E-state index is 12.5. The number of amides is 1. The average molecular weight is 341 g/mol. The lowest BCUT2D eigenvalue weighted by Crippen LogP contribution is -2.27. The normalized spacial score (nSPS) is 10.6. The summed E-state index contributed by atoms with van der Waals surface area (Å²) in [4.78, 5) is 18.6. The lowest BCUT2D eigenvalue weighted by Gasteiger charge is -2.18. The molecule has 0 aliphatic carbocycles. The van der Waals surface area contributed by atoms with Crippen LogP contribution in [0.3, 0.4) is 0 Å². The molecule has 0 radical (unpaired) electrons. The summed E-state index contributed by atoms with van der Waals surface area (Å²) < 4.78 is 5.81. The van der Waals surface area contributed by atoms with Crippen LogP contribution in [0.2, 0.25) is 0 Å². The highest BCUT2D eigenvalue weighted by molar-refractivity contribution is 5.94. The first-order valence-corrected chi connectivity index (χ1v) is 8.75. The van der Waals surface area contributed by atoms with E-state index in [1.54, 1.807) is 23.2 Å². The predicted molar refractivity (Wildman–Crippen MR) is 102 cm³/mol. The van der Waals surface area contributed by atoms with E-state index in [1.807, 2.05) is 45.2 Å². The van der Waals surface area contributed by atoms with Gasteiger partial charge in [0.2, 0.25) is 0 Å². The second kappa shape index (κ2) is 9.06. The molecule has 134 valence electrons. The Morgan fingerprint density at radius 1 is 1.28 bits per heavy atom. The molecule has 0 saturated heterocycles. The number of pyridine rings is 1. The van der Waals surface area contributed by atoms with Crippen molar-refractivity contribution >= 4 is 17.4 Å². The Bertz CT molecular complexity index is 701. The standard InChI is InChI=1S/C20H27N3O2/c1-5-6-13-23(4)20(24)16-11-12-21-19(14-16)22-17-9-7-8-10-18(17)25-15(2)3/h7-12,14-15H,5-6,13H2,1-4H3,(H,21,22). The van der Waals surface area contributed by atoms with E-state index in [-0.39, 0.29) is 12.0 Å². The zero-order chi connectivity index (χ0) is 18.2. The number of carbonyl (C=O) groups excluding carboxylic acids is 1. The zero-order valence-electron chi connectivity index (χ0n) is 15.5. The molecule has 0 spiro atoms. The summed E-state index contributed by atoms with van der Waals surface area (Å²) in [6.07, 6.45) is 3.79. The first-order valence-electron chi connectivity index (χ1n) is 8.75. The third kappa shape index (κ3) is 5.48. The summed E-state index contributed by atoms with van der Waals surface area (Å²) >= 11 is 0. The summed E-state index contributed by atoms with van der Waals surface area (Å²) in [6.45, 7) is 6.84. The molecule has 0 bridgehead atoms. The fourth-order valence-electron chi connectivity index (χ4n) is 2.41. The van der Waals surface area contributed by atoms with Gasteiger partial charge >= 0.3 is 0 Å². The number of ether oxygens (including phenoxy) is 1. The molecule has 25 heavy (non-hydrogen) atoms. The Labute approximate surface area is 150 Å². The van der Waals surface area contributed by atoms with Crippen molar-refractivity contribution in [2.45, 2.75) is 39.7 Å². The monoisotopic (exact) mass is 341 g/mol. The molecule has 1 N–H and O–H groups in total. The molecule has 1 aromatic heterocycles. The maximum atomic E-state index is 12.5. The van der Waals surface area contributed by atoms with E-state index < -0.39 is 0 Å². The minimum atomic E-state index is 0.00520. The summed E-state index contributed by atoms with van der Waals surface area (Å²) in [5.41, 5.74) is 1.45. The van der Waals surface area contributed by atoms with Gasteiger partial charge in [0.05, 0.1) is 11.8 Å². The molecule has 5 heteroatoms. The highest BCUT2D eigenvalue weighted by Gasteiger charge is 2.13. The van der Waals surface area contributed by atoms with Gasteiger partial charge in [0.25, 0.3) is 5.91 Å². The Kier molecular flexibility index (Phi) is 6.81. The van der Waals surface area contributed by atoms with E-state index in [9.17, 15) is 4.79 Å². The van der Waals surface area contributed by atoms with Crippen molar-refractivity contribution in [1.82, 2.24) is 9.88 Å². The van der Waals surface area contributed by atoms with Crippen molar-refractivity contribution in [2.75, 3.05) is 18.9 Å². The summed E-state index contributed by atoms with van der Waals surface area (Å²) in [7, 11) is 1.83. The number of rotatable bonds is 8. The number of hydrogen-bond donors (Lipinski definition) is 1. The average Bonchev–Trinajstić information content (AvgIpc) is 2.60. The molecule has 2 aromatic rings. The fraction of sp³-hybridized carbons (Fsp3) is 0.400. The van der Waals surface area contributed by atoms with Gasteiger partial charge in [-0.2, -0.15) is 0 Å². The van der Waals surface area contributed by atoms with Crippen molar-refractivity contribution < 1.29 is 9.53 Å². The summed E-state index contributed by atoms with van der Waals surface area (Å²) in [5, 5.41) is 3.25. The van der Waals surface area contributed by atoms with Gasteiger partial charge in [-0.1, -0.05) is 25.5 Å². The largest absolute Gasteiger partial charge is 0.489 e. The fourth-order valence-corrected chi connectivity index (χ4v) is 2.41. The van der Waals surface area contributed by atoms with E-state index in [0.29, 0.717) is 11.4 Å². The van der Waals surface area contributed by atoms with Gasteiger partial charge in [0, 0.05) is 25.4 Å². The van der Waals surface area contributed by atoms with Crippen LogP contribution < -0.4 is 10.1 Å². The van der Waals surface area contributed by atoms with Gasteiger partial charge in [-0.25, -0.2) is 4.98 Å². The molecule has 0 unspecified atom stereocenters. The van der Waals surface area contributed by atoms with Crippen LogP contribution in [0.5, 0.6) is 5.75 Å². The molecule has 0 aliphatic heterocycles. The van der Waals surface area contributed by atoms with Gasteiger partial charge in [0.1, 0.15) is 11.6 Å². The van der Waals surface area contributed by atoms with E-state index in [2.05, 4.69) is 17.2 Å². The van der Waals surface area contributed by atoms with Gasteiger partial charge in [-0.15, -0.1) is 0 Å². The lowest BCUT2D eigenvalue weighted by molar-refractivity contribution is 0.0793. The number of para-hydroxylation sites is 2. The molecule has 1 amide bonds. The topological polar surface area (TPSA) is 54.5 Å². The van der Waals surface area contributed by atoms with Gasteiger partial charge in [-0.05, 0) is 44.5 Å². The number of nitrogens with zero attached hydrogens (tertiary/aromatic N) is 2. The first kappa shape index (κ1) is 18.8. The van der Waals surface area contributed by atoms with Crippen molar-refractivity contribution in [3.8, 4) is 5.75 Å². The number of unbranched alkanes of at least 4 members (excludes halogenated alkanes) is 1. The van der Waals surface area contributed by atoms with Crippen LogP contribution in [-0.2, 0) is 0 Å². The van der Waals surface area contributed by atoms with Crippen LogP contribution in [0.15, 0.2) is 42.6 Å². The number of nitrogens with one attached hydrogen (secondary N) is 1. The Hall–Kier alpha value is -2.56. The minimum Gasteiger partial charge on any atom is -0.489 e. The molecule has 0 fully saturated rings. The van der Waals surface area contributed by atoms with Crippen LogP contribution in [-0.4, -0.2) is 35.5 Å². The molecule has 0 atom stereocenters. The van der Waals surface area contributed by atoms with Crippen molar-refractivity contribution in [2.24, 2.45) is 0 Å². The lowest BCUT2D eigenvalue weighted by atomic mass is 10.2. The second-order valence-electron chi connectivity index (χ2n) is 6.30. The van der Waals surface area contributed by atoms with Crippen molar-refractivity contribution in [3.05, 3.63) is 48.2 Å². The Morgan fingerprint density at radius 3 is 2.76 bits per heavy atom. The molecule has 2 rings (SSSR count). The van der Waals surface area contributed by atoms with E-state index in [1.165, 1.54) is 0 Å².